The van der Waals surface area contributed by atoms with Crippen molar-refractivity contribution in [2.75, 3.05) is 6.54 Å². The first kappa shape index (κ1) is 35.4. The highest BCUT2D eigenvalue weighted by Gasteiger charge is 2.33. The van der Waals surface area contributed by atoms with Gasteiger partial charge in [-0.05, 0) is 48.1 Å². The number of fused-ring (bicyclic) bond motifs is 1. The maximum absolute atomic E-state index is 13.8. The average molecular weight is 637 g/mol. The number of aromatic amines is 1. The lowest BCUT2D eigenvalue weighted by molar-refractivity contribution is -0.142. The predicted molar refractivity (Wildman–Crippen MR) is 175 cm³/mol. The summed E-state index contributed by atoms with van der Waals surface area (Å²) < 4.78 is 0. The number of carboxylic acid groups (broad SMARTS) is 1. The molecular weight excluding hydrogens is 592 g/mol. The van der Waals surface area contributed by atoms with Crippen LogP contribution in [0.3, 0.4) is 0 Å². The van der Waals surface area contributed by atoms with Crippen molar-refractivity contribution < 1.29 is 29.4 Å². The van der Waals surface area contributed by atoms with E-state index in [1.54, 1.807) is 25.3 Å². The minimum absolute atomic E-state index is 0.0281. The number of phenols is 1. The van der Waals surface area contributed by atoms with E-state index in [1.165, 1.54) is 12.1 Å². The van der Waals surface area contributed by atoms with Gasteiger partial charge in [0.15, 0.2) is 5.96 Å². The summed E-state index contributed by atoms with van der Waals surface area (Å²) in [5.74, 6) is -3.54. The van der Waals surface area contributed by atoms with Crippen molar-refractivity contribution in [3.05, 3.63) is 65.9 Å². The molecule has 1 heterocycles. The number of benzene rings is 2. The van der Waals surface area contributed by atoms with Crippen LogP contribution in [-0.2, 0) is 32.0 Å². The number of aliphatic carboxylic acids is 1. The summed E-state index contributed by atoms with van der Waals surface area (Å²) in [7, 11) is 0. The third-order valence-corrected chi connectivity index (χ3v) is 7.82. The number of rotatable bonds is 17. The Hall–Kier alpha value is -5.11. The van der Waals surface area contributed by atoms with Gasteiger partial charge in [-0.25, -0.2) is 4.79 Å². The van der Waals surface area contributed by atoms with Gasteiger partial charge >= 0.3 is 5.97 Å². The van der Waals surface area contributed by atoms with E-state index < -0.39 is 47.9 Å². The van der Waals surface area contributed by atoms with E-state index in [1.807, 2.05) is 31.2 Å². The molecule has 0 radical (unpaired) electrons. The van der Waals surface area contributed by atoms with Crippen LogP contribution in [-0.4, -0.2) is 75.6 Å². The van der Waals surface area contributed by atoms with Crippen LogP contribution in [0, 0.1) is 5.92 Å². The molecule has 5 unspecified atom stereocenters. The van der Waals surface area contributed by atoms with Gasteiger partial charge in [0.05, 0.1) is 6.04 Å². The zero-order valence-electron chi connectivity index (χ0n) is 26.0. The van der Waals surface area contributed by atoms with E-state index in [9.17, 15) is 29.4 Å². The fourth-order valence-corrected chi connectivity index (χ4v) is 4.94. The number of guanidine groups is 1. The second-order valence-electron chi connectivity index (χ2n) is 11.3. The number of amides is 3. The number of H-pyrrole nitrogens is 1. The van der Waals surface area contributed by atoms with E-state index in [2.05, 4.69) is 25.9 Å². The number of phenolic OH excluding ortho intramolecular Hbond substituents is 1. The summed E-state index contributed by atoms with van der Waals surface area (Å²) in [5.41, 5.74) is 19.0. The Morgan fingerprint density at radius 3 is 2.24 bits per heavy atom. The Morgan fingerprint density at radius 1 is 0.913 bits per heavy atom. The molecule has 3 rings (SSSR count). The summed E-state index contributed by atoms with van der Waals surface area (Å²) in [5, 5.41) is 28.3. The zero-order valence-corrected chi connectivity index (χ0v) is 26.0. The van der Waals surface area contributed by atoms with Gasteiger partial charge < -0.3 is 48.3 Å². The van der Waals surface area contributed by atoms with Crippen molar-refractivity contribution in [3.8, 4) is 5.75 Å². The first-order valence-corrected chi connectivity index (χ1v) is 15.2. The fraction of sp³-hybridized carbons (Fsp3) is 0.406. The second-order valence-corrected chi connectivity index (χ2v) is 11.3. The second kappa shape index (κ2) is 16.8. The van der Waals surface area contributed by atoms with Crippen molar-refractivity contribution in [1.82, 2.24) is 20.9 Å². The van der Waals surface area contributed by atoms with Crippen LogP contribution in [0.2, 0.25) is 0 Å². The molecule has 5 atom stereocenters. The third-order valence-electron chi connectivity index (χ3n) is 7.82. The number of nitrogens with one attached hydrogen (secondary N) is 4. The van der Waals surface area contributed by atoms with Crippen molar-refractivity contribution in [1.29, 1.82) is 0 Å². The molecule has 0 fully saturated rings. The topological polar surface area (TPSA) is 251 Å². The molecule has 3 aromatic rings. The molecule has 3 amide bonds. The van der Waals surface area contributed by atoms with Crippen LogP contribution in [0.4, 0.5) is 0 Å². The van der Waals surface area contributed by atoms with Gasteiger partial charge in [-0.3, -0.25) is 19.4 Å². The van der Waals surface area contributed by atoms with Gasteiger partial charge in [-0.15, -0.1) is 0 Å². The van der Waals surface area contributed by atoms with Crippen LogP contribution >= 0.6 is 0 Å². The van der Waals surface area contributed by atoms with E-state index in [0.29, 0.717) is 24.9 Å². The van der Waals surface area contributed by atoms with Gasteiger partial charge in [-0.1, -0.05) is 50.6 Å². The van der Waals surface area contributed by atoms with E-state index in [4.69, 9.17) is 17.2 Å². The van der Waals surface area contributed by atoms with Crippen molar-refractivity contribution in [2.24, 2.45) is 28.1 Å². The summed E-state index contributed by atoms with van der Waals surface area (Å²) in [6.07, 6.45) is 3.01. The number of carbonyl (C=O) groups is 4. The summed E-state index contributed by atoms with van der Waals surface area (Å²) in [4.78, 5) is 59.6. The third kappa shape index (κ3) is 10.2. The molecule has 0 saturated heterocycles. The van der Waals surface area contributed by atoms with E-state index >= 15 is 0 Å². The van der Waals surface area contributed by atoms with Crippen molar-refractivity contribution in [3.63, 3.8) is 0 Å². The molecule has 0 aliphatic carbocycles. The summed E-state index contributed by atoms with van der Waals surface area (Å²) >= 11 is 0. The van der Waals surface area contributed by atoms with Crippen molar-refractivity contribution in [2.45, 2.75) is 70.1 Å². The quantitative estimate of drug-likeness (QED) is 0.0571. The van der Waals surface area contributed by atoms with Crippen LogP contribution in [0.15, 0.2) is 59.7 Å². The molecule has 12 N–H and O–H groups in total. The number of carbonyl (C=O) groups excluding carboxylic acids is 3. The minimum Gasteiger partial charge on any atom is -0.508 e. The Labute approximate surface area is 267 Å². The number of para-hydroxylation sites is 1. The highest BCUT2D eigenvalue weighted by atomic mass is 16.4. The lowest BCUT2D eigenvalue weighted by atomic mass is 9.96. The van der Waals surface area contributed by atoms with Crippen LogP contribution < -0.4 is 33.2 Å². The monoisotopic (exact) mass is 636 g/mol. The molecule has 0 saturated carbocycles. The van der Waals surface area contributed by atoms with Crippen LogP contribution in [0.25, 0.3) is 10.9 Å². The number of hydrogen-bond acceptors (Lipinski definition) is 7. The molecule has 0 spiro atoms. The van der Waals surface area contributed by atoms with Gasteiger partial charge in [0.2, 0.25) is 17.7 Å². The molecule has 46 heavy (non-hydrogen) atoms. The standard InChI is InChI=1S/C32H44N8O6/c1-3-18(2)27(30(44)39-26(31(45)46)15-19-10-12-21(41)13-11-19)40-29(43)25(16-20-17-37-24-9-5-4-7-22(20)24)38-28(42)23(33)8-6-14-36-32(34)35/h4-5,7,9-13,17-18,23,25-27,37,41H,3,6,8,14-16,33H2,1-2H3,(H,38,42)(H,39,44)(H,40,43)(H,45,46)(H4,34,35,36). The maximum Gasteiger partial charge on any atom is 0.326 e. The molecule has 0 bridgehead atoms. The van der Waals surface area contributed by atoms with Crippen molar-refractivity contribution >= 4 is 40.6 Å². The molecule has 14 heteroatoms. The lowest BCUT2D eigenvalue weighted by Crippen LogP contribution is -2.59. The highest BCUT2D eigenvalue weighted by molar-refractivity contribution is 5.95. The largest absolute Gasteiger partial charge is 0.508 e. The number of hydrogen-bond donors (Lipinski definition) is 9. The SMILES string of the molecule is CCC(C)C(NC(=O)C(Cc1c[nH]c2ccccc12)NC(=O)C(N)CCCN=C(N)N)C(=O)NC(Cc1ccc(O)cc1)C(=O)O. The Kier molecular flexibility index (Phi) is 12.9. The number of aliphatic imine (C=N–C) groups is 1. The summed E-state index contributed by atoms with van der Waals surface area (Å²) in [6.45, 7) is 3.90. The molecule has 2 aromatic carbocycles. The van der Waals surface area contributed by atoms with Gasteiger partial charge in [0.1, 0.15) is 23.9 Å². The molecule has 0 aliphatic heterocycles. The number of nitrogens with zero attached hydrogens (tertiary/aromatic N) is 1. The number of aromatic nitrogens is 1. The van der Waals surface area contributed by atoms with Gasteiger partial charge in [0.25, 0.3) is 0 Å². The Morgan fingerprint density at radius 2 is 1.59 bits per heavy atom. The summed E-state index contributed by atoms with van der Waals surface area (Å²) in [6, 6.07) is 9.05. The molecule has 14 nitrogen and oxygen atoms in total. The molecular formula is C32H44N8O6. The van der Waals surface area contributed by atoms with E-state index in [0.717, 1.165) is 16.5 Å². The maximum atomic E-state index is 13.8. The average Bonchev–Trinajstić information content (AvgIpc) is 3.44. The van der Waals surface area contributed by atoms with Crippen LogP contribution in [0.5, 0.6) is 5.75 Å². The highest BCUT2D eigenvalue weighted by Crippen LogP contribution is 2.20. The van der Waals surface area contributed by atoms with Gasteiger partial charge in [-0.2, -0.15) is 0 Å². The minimum atomic E-state index is -1.29. The Bertz CT molecular complexity index is 1520. The number of carboxylic acids is 1. The zero-order chi connectivity index (χ0) is 33.8. The van der Waals surface area contributed by atoms with Crippen LogP contribution in [0.1, 0.15) is 44.2 Å². The number of aromatic hydroxyl groups is 1. The smallest absolute Gasteiger partial charge is 0.326 e. The predicted octanol–water partition coefficient (Wildman–Crippen LogP) is 0.625. The molecule has 248 valence electrons. The lowest BCUT2D eigenvalue weighted by Gasteiger charge is -2.28. The normalized spacial score (nSPS) is 14.3. The first-order chi connectivity index (χ1) is 21.9. The van der Waals surface area contributed by atoms with Gasteiger partial charge in [0, 0.05) is 36.5 Å². The fourth-order valence-electron chi connectivity index (χ4n) is 4.94. The van der Waals surface area contributed by atoms with E-state index in [-0.39, 0.29) is 36.9 Å². The number of nitrogens with two attached hydrogens (primary N) is 3. The Balaban J connectivity index is 1.80. The molecule has 1 aromatic heterocycles. The first-order valence-electron chi connectivity index (χ1n) is 15.2. The molecule has 0 aliphatic rings.